The van der Waals surface area contributed by atoms with Gasteiger partial charge in [-0.05, 0) is 0 Å². The zero-order chi connectivity index (χ0) is 50.8. The lowest BCUT2D eigenvalue weighted by molar-refractivity contribution is -0.405. The minimum Gasteiger partial charge on any atom is -0.394 e. The van der Waals surface area contributed by atoms with Crippen molar-refractivity contribution < 1.29 is 153 Å². The lowest BCUT2D eigenvalue weighted by Crippen LogP contribution is -2.68. The second-order valence-corrected chi connectivity index (χ2v) is 17.3. The fourth-order valence-corrected chi connectivity index (χ4v) is 9.01. The molecule has 404 valence electrons. The van der Waals surface area contributed by atoms with E-state index in [1.807, 2.05) is 0 Å². The van der Waals surface area contributed by atoms with Crippen molar-refractivity contribution in [3.63, 3.8) is 0 Å². The van der Waals surface area contributed by atoms with E-state index in [-0.39, 0.29) is 6.61 Å². The molecule has 6 saturated heterocycles. The summed E-state index contributed by atoms with van der Waals surface area (Å²) < 4.78 is 71.9. The first kappa shape index (κ1) is 57.0. The summed E-state index contributed by atoms with van der Waals surface area (Å²) in [5, 5.41) is 191. The first-order valence-electron chi connectivity index (χ1n) is 21.9. The molecule has 18 N–H and O–H groups in total. The third-order valence-corrected chi connectivity index (χ3v) is 12.9. The average Bonchev–Trinajstić information content (AvgIpc) is 3.59. The molecular formula is C38H66O31. The average molecular weight is 1020 g/mol. The topological polar surface area (TPSA) is 484 Å². The van der Waals surface area contributed by atoms with Gasteiger partial charge in [-0.3, -0.25) is 0 Å². The van der Waals surface area contributed by atoms with Crippen LogP contribution in [0.2, 0.25) is 0 Å². The van der Waals surface area contributed by atoms with Crippen molar-refractivity contribution >= 4 is 0 Å². The molecule has 0 bridgehead atoms. The molecule has 0 aromatic heterocycles. The van der Waals surface area contributed by atoms with Crippen LogP contribution in [0, 0.1) is 0 Å². The van der Waals surface area contributed by atoms with Crippen molar-refractivity contribution in [3.05, 3.63) is 0 Å². The molecule has 0 amide bonds. The molecule has 29 atom stereocenters. The quantitative estimate of drug-likeness (QED) is 0.0571. The van der Waals surface area contributed by atoms with Gasteiger partial charge in [-0.25, -0.2) is 0 Å². The number of methoxy groups -OCH3 is 2. The van der Waals surface area contributed by atoms with E-state index in [9.17, 15) is 91.9 Å². The Bertz CT molecular complexity index is 1550. The lowest BCUT2D eigenvalue weighted by Gasteiger charge is -2.49. The van der Waals surface area contributed by atoms with Crippen LogP contribution in [-0.2, 0) is 61.6 Å². The molecule has 0 saturated carbocycles. The van der Waals surface area contributed by atoms with Crippen LogP contribution >= 0.6 is 0 Å². The van der Waals surface area contributed by atoms with Gasteiger partial charge in [0.2, 0.25) is 5.79 Å². The fourth-order valence-electron chi connectivity index (χ4n) is 9.01. The van der Waals surface area contributed by atoms with Crippen LogP contribution < -0.4 is 0 Å². The van der Waals surface area contributed by atoms with E-state index in [0.717, 1.165) is 0 Å². The minimum atomic E-state index is -2.49. The van der Waals surface area contributed by atoms with Gasteiger partial charge in [-0.1, -0.05) is 0 Å². The van der Waals surface area contributed by atoms with Crippen LogP contribution in [0.3, 0.4) is 0 Å². The summed E-state index contributed by atoms with van der Waals surface area (Å²) in [7, 11) is 2.60. The zero-order valence-electron chi connectivity index (χ0n) is 37.0. The first-order valence-corrected chi connectivity index (χ1v) is 21.9. The van der Waals surface area contributed by atoms with E-state index in [1.54, 1.807) is 0 Å². The molecule has 6 fully saturated rings. The number of aliphatic hydroxyl groups excluding tert-OH is 18. The fraction of sp³-hybridized carbons (Fsp3) is 1.00. The molecule has 0 radical (unpaired) electrons. The number of hydrogen-bond acceptors (Lipinski definition) is 31. The van der Waals surface area contributed by atoms with Crippen LogP contribution in [-0.4, -0.2) is 330 Å². The van der Waals surface area contributed by atoms with Crippen LogP contribution in [0.1, 0.15) is 0 Å². The van der Waals surface area contributed by atoms with E-state index in [0.29, 0.717) is 0 Å². The van der Waals surface area contributed by atoms with Gasteiger partial charge in [0.25, 0.3) is 0 Å². The largest absolute Gasteiger partial charge is 0.394 e. The van der Waals surface area contributed by atoms with Crippen LogP contribution in [0.15, 0.2) is 0 Å². The highest BCUT2D eigenvalue weighted by molar-refractivity contribution is 5.01. The Morgan fingerprint density at radius 3 is 0.957 bits per heavy atom. The highest BCUT2D eigenvalue weighted by Gasteiger charge is 2.60. The molecule has 0 aliphatic carbocycles. The molecule has 31 nitrogen and oxygen atoms in total. The van der Waals surface area contributed by atoms with Crippen LogP contribution in [0.5, 0.6) is 0 Å². The standard InChI is InChI=1S/C38H66O31/c1-57-8-15-27(58-2)17(46)22(51)36(63-15)67-30-13(6-42)61-34(25(54)20(30)49)65-28-11(4-40)59-33(23(52)18(28)47)64-29-12(5-41)60-35(24(53)19(29)48)66-31-14(7-43)62-37(26(55)21(31)50)69-38(9-44)32(56)16(45)10(3-39)68-38/h10-37,39-56H,3-9H2,1-2H3/t10-,11-,12-,13-,14-,15-,16-,17-,18-,19-,20-,21-,22-,23-,24-,25-,26-,27-,28-,29-,30-,31-,32+,33-,34-,35-,36-,37-,38+/m1/s1. The molecule has 69 heavy (non-hydrogen) atoms. The molecule has 0 aromatic rings. The molecule has 6 rings (SSSR count). The maximum Gasteiger partial charge on any atom is 0.224 e. The summed E-state index contributed by atoms with van der Waals surface area (Å²) in [5.74, 6) is -2.49. The Labute approximate surface area is 391 Å². The third kappa shape index (κ3) is 11.4. The molecule has 0 aromatic carbocycles. The Morgan fingerprint density at radius 2 is 0.667 bits per heavy atom. The zero-order valence-corrected chi connectivity index (χ0v) is 37.0. The van der Waals surface area contributed by atoms with E-state index in [2.05, 4.69) is 0 Å². The summed E-state index contributed by atoms with van der Waals surface area (Å²) in [6, 6.07) is 0. The summed E-state index contributed by atoms with van der Waals surface area (Å²) in [5.41, 5.74) is 0. The Morgan fingerprint density at radius 1 is 0.362 bits per heavy atom. The molecule has 6 aliphatic rings. The van der Waals surface area contributed by atoms with Crippen molar-refractivity contribution in [2.75, 3.05) is 60.5 Å². The minimum absolute atomic E-state index is 0.125. The molecular weight excluding hydrogens is 952 g/mol. The molecule has 0 unspecified atom stereocenters. The maximum atomic E-state index is 11.3. The predicted octanol–water partition coefficient (Wildman–Crippen LogP) is -12.8. The van der Waals surface area contributed by atoms with Crippen molar-refractivity contribution in [2.45, 2.75) is 178 Å². The first-order chi connectivity index (χ1) is 32.8. The summed E-state index contributed by atoms with van der Waals surface area (Å²) >= 11 is 0. The third-order valence-electron chi connectivity index (χ3n) is 12.9. The Balaban J connectivity index is 1.07. The highest BCUT2D eigenvalue weighted by Crippen LogP contribution is 2.39. The summed E-state index contributed by atoms with van der Waals surface area (Å²) in [4.78, 5) is 0. The smallest absolute Gasteiger partial charge is 0.224 e. The summed E-state index contributed by atoms with van der Waals surface area (Å²) in [6.07, 6.45) is -50.9. The van der Waals surface area contributed by atoms with E-state index >= 15 is 0 Å². The van der Waals surface area contributed by atoms with E-state index in [4.69, 9.17) is 61.6 Å². The number of ether oxygens (including phenoxy) is 13. The number of rotatable bonds is 19. The lowest BCUT2D eigenvalue weighted by atomic mass is 9.95. The van der Waals surface area contributed by atoms with Gasteiger partial charge in [0.1, 0.15) is 147 Å². The second kappa shape index (κ2) is 24.4. The van der Waals surface area contributed by atoms with Gasteiger partial charge in [0.05, 0.1) is 39.6 Å². The van der Waals surface area contributed by atoms with Crippen molar-refractivity contribution in [1.29, 1.82) is 0 Å². The summed E-state index contributed by atoms with van der Waals surface area (Å²) in [6.45, 7) is -6.03. The van der Waals surface area contributed by atoms with Crippen molar-refractivity contribution in [2.24, 2.45) is 0 Å². The molecule has 6 heterocycles. The van der Waals surface area contributed by atoms with Crippen LogP contribution in [0.25, 0.3) is 0 Å². The number of hydrogen-bond donors (Lipinski definition) is 18. The normalized spacial score (nSPS) is 52.0. The molecule has 6 aliphatic heterocycles. The predicted molar refractivity (Wildman–Crippen MR) is 209 cm³/mol. The van der Waals surface area contributed by atoms with Gasteiger partial charge in [0, 0.05) is 14.2 Å². The van der Waals surface area contributed by atoms with E-state index in [1.165, 1.54) is 14.2 Å². The Kier molecular flexibility index (Phi) is 20.2. The van der Waals surface area contributed by atoms with E-state index < -0.39 is 217 Å². The number of aliphatic hydroxyl groups is 18. The maximum absolute atomic E-state index is 11.3. The highest BCUT2D eigenvalue weighted by atomic mass is 16.8. The van der Waals surface area contributed by atoms with Gasteiger partial charge < -0.3 is 153 Å². The molecule has 31 heteroatoms. The SMILES string of the molecule is COC[C@H]1O[C@H](O[C@H]2[C@H](O)[C@@H](O)[C@@H](O[C@H]3[C@H](O)[C@@H](O)[C@@H](O[C@H]4[C@H](O)[C@@H](O)[C@@H](O[C@H]5[C@H](O)[C@@H](O)[C@@H](O[C@]6(CO)O[C@H](CO)[C@@H](O)[C@@H]6O)O[C@@H]5CO)O[C@@H]4CO)O[C@@H]3CO)O[C@@H]2CO)[C@H](O)[C@@H](O)[C@@H]1OC. The van der Waals surface area contributed by atoms with Crippen molar-refractivity contribution in [3.8, 4) is 0 Å². The second-order valence-electron chi connectivity index (χ2n) is 17.3. The van der Waals surface area contributed by atoms with Gasteiger partial charge in [-0.15, -0.1) is 0 Å². The monoisotopic (exact) mass is 1020 g/mol. The molecule has 0 spiro atoms. The van der Waals surface area contributed by atoms with Crippen LogP contribution in [0.4, 0.5) is 0 Å². The van der Waals surface area contributed by atoms with Gasteiger partial charge in [-0.2, -0.15) is 0 Å². The van der Waals surface area contributed by atoms with Crippen molar-refractivity contribution in [1.82, 2.24) is 0 Å². The van der Waals surface area contributed by atoms with Gasteiger partial charge >= 0.3 is 0 Å². The van der Waals surface area contributed by atoms with Gasteiger partial charge in [0.15, 0.2) is 31.5 Å². The Hall–Kier alpha value is -1.24.